The molecule has 180 valence electrons. The van der Waals surface area contributed by atoms with Gasteiger partial charge in [-0.1, -0.05) is 12.1 Å². The Hall–Kier alpha value is -2.07. The Kier molecular flexibility index (Phi) is 9.19. The van der Waals surface area contributed by atoms with Gasteiger partial charge in [-0.25, -0.2) is 4.98 Å². The summed E-state index contributed by atoms with van der Waals surface area (Å²) in [6.45, 7) is 13.7. The molecule has 0 amide bonds. The number of piperazine rings is 1. The van der Waals surface area contributed by atoms with Crippen molar-refractivity contribution in [3.05, 3.63) is 53.2 Å². The summed E-state index contributed by atoms with van der Waals surface area (Å²) in [7, 11) is 1.87. The van der Waals surface area contributed by atoms with Crippen LogP contribution in [0.2, 0.25) is 0 Å². The fraction of sp³-hybridized carbons (Fsp3) is 0.520. The SMILES string of the molecule is CN=C(NCc1ccnc(N2CCOC(C)C2)c1)N1CCN(c2cccc(C)c2C)CC1.I. The molecule has 3 heterocycles. The van der Waals surface area contributed by atoms with Crippen LogP contribution in [0.15, 0.2) is 41.5 Å². The largest absolute Gasteiger partial charge is 0.375 e. The van der Waals surface area contributed by atoms with Crippen LogP contribution in [0.3, 0.4) is 0 Å². The quantitative estimate of drug-likeness (QED) is 0.349. The maximum atomic E-state index is 5.66. The molecule has 0 spiro atoms. The minimum absolute atomic E-state index is 0. The van der Waals surface area contributed by atoms with Crippen LogP contribution >= 0.6 is 24.0 Å². The van der Waals surface area contributed by atoms with Gasteiger partial charge < -0.3 is 24.8 Å². The number of aryl methyl sites for hydroxylation is 1. The second kappa shape index (κ2) is 11.9. The Morgan fingerprint density at radius 2 is 1.91 bits per heavy atom. The molecule has 1 atom stereocenters. The maximum Gasteiger partial charge on any atom is 0.194 e. The van der Waals surface area contributed by atoms with Crippen LogP contribution in [0.4, 0.5) is 11.5 Å². The number of hydrogen-bond donors (Lipinski definition) is 1. The van der Waals surface area contributed by atoms with Gasteiger partial charge in [0.15, 0.2) is 5.96 Å². The van der Waals surface area contributed by atoms with Crippen LogP contribution in [0.5, 0.6) is 0 Å². The summed E-state index contributed by atoms with van der Waals surface area (Å²) in [5.74, 6) is 1.99. The molecule has 2 aliphatic heterocycles. The predicted octanol–water partition coefficient (Wildman–Crippen LogP) is 3.44. The number of nitrogens with zero attached hydrogens (tertiary/aromatic N) is 5. The smallest absolute Gasteiger partial charge is 0.194 e. The van der Waals surface area contributed by atoms with Crippen molar-refractivity contribution < 1.29 is 4.74 Å². The molecular formula is C25H37IN6O. The van der Waals surface area contributed by atoms with E-state index in [0.29, 0.717) is 0 Å². The van der Waals surface area contributed by atoms with E-state index in [1.165, 1.54) is 22.4 Å². The third-order valence-corrected chi connectivity index (χ3v) is 6.53. The number of anilines is 2. The lowest BCUT2D eigenvalue weighted by atomic mass is 10.1. The van der Waals surface area contributed by atoms with Gasteiger partial charge in [-0.3, -0.25) is 4.99 Å². The lowest BCUT2D eigenvalue weighted by Crippen LogP contribution is -2.52. The molecule has 0 saturated carbocycles. The lowest BCUT2D eigenvalue weighted by molar-refractivity contribution is 0.0529. The third kappa shape index (κ3) is 6.29. The van der Waals surface area contributed by atoms with Crippen LogP contribution in [0, 0.1) is 13.8 Å². The van der Waals surface area contributed by atoms with Gasteiger partial charge in [-0.15, -0.1) is 24.0 Å². The number of pyridine rings is 1. The first-order chi connectivity index (χ1) is 15.5. The van der Waals surface area contributed by atoms with E-state index in [1.807, 2.05) is 13.2 Å². The summed E-state index contributed by atoms with van der Waals surface area (Å²) >= 11 is 0. The van der Waals surface area contributed by atoms with Crippen LogP contribution in [0.1, 0.15) is 23.6 Å². The molecule has 0 aliphatic carbocycles. The molecule has 2 saturated heterocycles. The number of guanidine groups is 1. The molecule has 1 aromatic heterocycles. The van der Waals surface area contributed by atoms with Crippen molar-refractivity contribution in [3.63, 3.8) is 0 Å². The minimum atomic E-state index is 0. The first-order valence-electron chi connectivity index (χ1n) is 11.6. The molecule has 8 heteroatoms. The van der Waals surface area contributed by atoms with Gasteiger partial charge in [-0.05, 0) is 55.7 Å². The summed E-state index contributed by atoms with van der Waals surface area (Å²) in [6.07, 6.45) is 2.14. The van der Waals surface area contributed by atoms with E-state index in [-0.39, 0.29) is 30.1 Å². The van der Waals surface area contributed by atoms with Crippen LogP contribution < -0.4 is 15.1 Å². The molecule has 0 radical (unpaired) electrons. The highest BCUT2D eigenvalue weighted by atomic mass is 127. The number of nitrogens with one attached hydrogen (secondary N) is 1. The second-order valence-electron chi connectivity index (χ2n) is 8.74. The Morgan fingerprint density at radius 3 is 2.64 bits per heavy atom. The van der Waals surface area contributed by atoms with Crippen molar-refractivity contribution in [1.29, 1.82) is 0 Å². The molecule has 33 heavy (non-hydrogen) atoms. The first kappa shape index (κ1) is 25.6. The molecule has 1 N–H and O–H groups in total. The number of benzene rings is 1. The topological polar surface area (TPSA) is 56.2 Å². The molecule has 1 unspecified atom stereocenters. The zero-order valence-corrected chi connectivity index (χ0v) is 22.6. The fourth-order valence-electron chi connectivity index (χ4n) is 4.52. The lowest BCUT2D eigenvalue weighted by Gasteiger charge is -2.38. The molecule has 2 aromatic rings. The number of hydrogen-bond acceptors (Lipinski definition) is 5. The summed E-state index contributed by atoms with van der Waals surface area (Å²) in [4.78, 5) is 16.3. The summed E-state index contributed by atoms with van der Waals surface area (Å²) < 4.78 is 5.66. The summed E-state index contributed by atoms with van der Waals surface area (Å²) in [6, 6.07) is 10.8. The minimum Gasteiger partial charge on any atom is -0.375 e. The van der Waals surface area contributed by atoms with E-state index in [4.69, 9.17) is 4.74 Å². The highest BCUT2D eigenvalue weighted by Gasteiger charge is 2.21. The number of rotatable bonds is 4. The van der Waals surface area contributed by atoms with E-state index in [1.54, 1.807) is 0 Å². The number of morpholine rings is 1. The molecule has 4 rings (SSSR count). The van der Waals surface area contributed by atoms with Gasteiger partial charge in [-0.2, -0.15) is 0 Å². The van der Waals surface area contributed by atoms with Gasteiger partial charge >= 0.3 is 0 Å². The Morgan fingerprint density at radius 1 is 1.12 bits per heavy atom. The predicted molar refractivity (Wildman–Crippen MR) is 147 cm³/mol. The highest BCUT2D eigenvalue weighted by Crippen LogP contribution is 2.24. The number of aliphatic imine (C=N–C) groups is 1. The van der Waals surface area contributed by atoms with E-state index < -0.39 is 0 Å². The van der Waals surface area contributed by atoms with E-state index in [0.717, 1.165) is 64.2 Å². The van der Waals surface area contributed by atoms with Crippen molar-refractivity contribution in [2.75, 3.05) is 62.7 Å². The zero-order valence-electron chi connectivity index (χ0n) is 20.3. The number of halogens is 1. The average Bonchev–Trinajstić information content (AvgIpc) is 2.82. The molecule has 2 aliphatic rings. The van der Waals surface area contributed by atoms with Crippen LogP contribution in [-0.2, 0) is 11.3 Å². The highest BCUT2D eigenvalue weighted by molar-refractivity contribution is 14.0. The van der Waals surface area contributed by atoms with Gasteiger partial charge in [0.25, 0.3) is 0 Å². The van der Waals surface area contributed by atoms with Crippen molar-refractivity contribution in [2.24, 2.45) is 4.99 Å². The fourth-order valence-corrected chi connectivity index (χ4v) is 4.52. The summed E-state index contributed by atoms with van der Waals surface area (Å²) in [5, 5.41) is 3.56. The third-order valence-electron chi connectivity index (χ3n) is 6.53. The summed E-state index contributed by atoms with van der Waals surface area (Å²) in [5.41, 5.74) is 5.30. The molecular weight excluding hydrogens is 527 g/mol. The second-order valence-corrected chi connectivity index (χ2v) is 8.74. The van der Waals surface area contributed by atoms with Gasteiger partial charge in [0.05, 0.1) is 12.7 Å². The van der Waals surface area contributed by atoms with Crippen LogP contribution in [-0.4, -0.2) is 74.9 Å². The van der Waals surface area contributed by atoms with E-state index in [2.05, 4.69) is 81.1 Å². The van der Waals surface area contributed by atoms with Gasteiger partial charge in [0.1, 0.15) is 5.82 Å². The molecule has 7 nitrogen and oxygen atoms in total. The molecule has 2 fully saturated rings. The van der Waals surface area contributed by atoms with Gasteiger partial charge in [0.2, 0.25) is 0 Å². The standard InChI is InChI=1S/C25H36N6O.HI/c1-19-6-5-7-23(21(19)3)29-10-12-30(13-11-29)25(26-4)28-17-22-8-9-27-24(16-22)31-14-15-32-20(2)18-31;/h5-9,16,20H,10-15,17-18H2,1-4H3,(H,26,28);1H. The zero-order chi connectivity index (χ0) is 22.5. The number of ether oxygens (including phenoxy) is 1. The van der Waals surface area contributed by atoms with Crippen molar-refractivity contribution >= 4 is 41.4 Å². The van der Waals surface area contributed by atoms with E-state index in [9.17, 15) is 0 Å². The Bertz CT molecular complexity index is 944. The normalized spacial score (nSPS) is 19.3. The van der Waals surface area contributed by atoms with Crippen LogP contribution in [0.25, 0.3) is 0 Å². The average molecular weight is 565 g/mol. The Balaban J connectivity index is 0.00000306. The van der Waals surface area contributed by atoms with Crippen molar-refractivity contribution in [3.8, 4) is 0 Å². The monoisotopic (exact) mass is 564 g/mol. The first-order valence-corrected chi connectivity index (χ1v) is 11.6. The number of aromatic nitrogens is 1. The maximum absolute atomic E-state index is 5.66. The van der Waals surface area contributed by atoms with E-state index >= 15 is 0 Å². The van der Waals surface area contributed by atoms with Crippen molar-refractivity contribution in [2.45, 2.75) is 33.4 Å². The van der Waals surface area contributed by atoms with Crippen molar-refractivity contribution in [1.82, 2.24) is 15.2 Å². The molecule has 0 bridgehead atoms. The van der Waals surface area contributed by atoms with Gasteiger partial charge in [0, 0.05) is 64.7 Å². The Labute approximate surface area is 215 Å². The molecule has 1 aromatic carbocycles.